The van der Waals surface area contributed by atoms with Crippen LogP contribution < -0.4 is 14.8 Å². The van der Waals surface area contributed by atoms with E-state index in [9.17, 15) is 4.79 Å². The standard InChI is InChI=1S/C21H27NO3/c1-6-20(25-19-11-15(4)10-16(5)12-19)21(23)22-17-8-7-9-18(13-17)24-14(2)3/h7-14,20H,6H2,1-5H3,(H,22,23). The predicted octanol–water partition coefficient (Wildman–Crippen LogP) is 4.89. The fourth-order valence-electron chi connectivity index (χ4n) is 2.63. The minimum atomic E-state index is -0.545. The van der Waals surface area contributed by atoms with Crippen LogP contribution in [-0.4, -0.2) is 18.1 Å². The summed E-state index contributed by atoms with van der Waals surface area (Å²) in [4.78, 5) is 12.6. The number of amides is 1. The van der Waals surface area contributed by atoms with Gasteiger partial charge in [0.1, 0.15) is 11.5 Å². The maximum atomic E-state index is 12.6. The molecular weight excluding hydrogens is 314 g/mol. The molecule has 0 spiro atoms. The molecule has 0 aliphatic rings. The Morgan fingerprint density at radius 2 is 1.68 bits per heavy atom. The van der Waals surface area contributed by atoms with Crippen LogP contribution in [0.2, 0.25) is 0 Å². The molecule has 2 aromatic rings. The number of carbonyl (C=O) groups is 1. The summed E-state index contributed by atoms with van der Waals surface area (Å²) in [7, 11) is 0. The molecule has 0 aliphatic heterocycles. The van der Waals surface area contributed by atoms with E-state index in [1.807, 2.05) is 71.0 Å². The lowest BCUT2D eigenvalue weighted by Crippen LogP contribution is -2.32. The van der Waals surface area contributed by atoms with Crippen molar-refractivity contribution in [1.29, 1.82) is 0 Å². The number of rotatable bonds is 7. The lowest BCUT2D eigenvalue weighted by molar-refractivity contribution is -0.122. The van der Waals surface area contributed by atoms with Crippen LogP contribution in [0.1, 0.15) is 38.3 Å². The monoisotopic (exact) mass is 341 g/mol. The van der Waals surface area contributed by atoms with Gasteiger partial charge in [-0.3, -0.25) is 4.79 Å². The van der Waals surface area contributed by atoms with Crippen LogP contribution in [0.4, 0.5) is 5.69 Å². The van der Waals surface area contributed by atoms with Gasteiger partial charge in [-0.2, -0.15) is 0 Å². The number of aryl methyl sites for hydroxylation is 2. The molecule has 0 radical (unpaired) electrons. The van der Waals surface area contributed by atoms with Gasteiger partial charge in [0.05, 0.1) is 6.10 Å². The summed E-state index contributed by atoms with van der Waals surface area (Å²) >= 11 is 0. The first-order valence-electron chi connectivity index (χ1n) is 8.70. The third-order valence-corrected chi connectivity index (χ3v) is 3.61. The van der Waals surface area contributed by atoms with Gasteiger partial charge >= 0.3 is 0 Å². The molecular formula is C21H27NO3. The summed E-state index contributed by atoms with van der Waals surface area (Å²) in [5, 5.41) is 2.91. The highest BCUT2D eigenvalue weighted by atomic mass is 16.5. The highest BCUT2D eigenvalue weighted by Gasteiger charge is 2.19. The van der Waals surface area contributed by atoms with Gasteiger partial charge in [-0.25, -0.2) is 0 Å². The number of carbonyl (C=O) groups excluding carboxylic acids is 1. The van der Waals surface area contributed by atoms with Crippen molar-refractivity contribution in [2.75, 3.05) is 5.32 Å². The van der Waals surface area contributed by atoms with Gasteiger partial charge < -0.3 is 14.8 Å². The molecule has 0 aromatic heterocycles. The second-order valence-corrected chi connectivity index (χ2v) is 6.52. The van der Waals surface area contributed by atoms with Gasteiger partial charge in [0.2, 0.25) is 0 Å². The van der Waals surface area contributed by atoms with Crippen LogP contribution in [0.5, 0.6) is 11.5 Å². The molecule has 2 rings (SSSR count). The van der Waals surface area contributed by atoms with Gasteiger partial charge in [-0.1, -0.05) is 19.1 Å². The SMILES string of the molecule is CCC(Oc1cc(C)cc(C)c1)C(=O)Nc1cccc(OC(C)C)c1. The summed E-state index contributed by atoms with van der Waals surface area (Å²) < 4.78 is 11.6. The van der Waals surface area contributed by atoms with Crippen molar-refractivity contribution in [3.8, 4) is 11.5 Å². The Kier molecular flexibility index (Phi) is 6.45. The largest absolute Gasteiger partial charge is 0.491 e. The first-order chi connectivity index (χ1) is 11.9. The highest BCUT2D eigenvalue weighted by Crippen LogP contribution is 2.21. The van der Waals surface area contributed by atoms with Crippen molar-refractivity contribution in [2.24, 2.45) is 0 Å². The predicted molar refractivity (Wildman–Crippen MR) is 101 cm³/mol. The first-order valence-corrected chi connectivity index (χ1v) is 8.70. The minimum Gasteiger partial charge on any atom is -0.491 e. The normalized spacial score (nSPS) is 11.9. The molecule has 4 nitrogen and oxygen atoms in total. The number of ether oxygens (including phenoxy) is 2. The van der Waals surface area contributed by atoms with Crippen LogP contribution >= 0.6 is 0 Å². The van der Waals surface area contributed by atoms with E-state index in [1.165, 1.54) is 0 Å². The Morgan fingerprint density at radius 1 is 1.00 bits per heavy atom. The van der Waals surface area contributed by atoms with Crippen molar-refractivity contribution in [3.05, 3.63) is 53.6 Å². The van der Waals surface area contributed by atoms with Gasteiger partial charge in [0, 0.05) is 11.8 Å². The third-order valence-electron chi connectivity index (χ3n) is 3.61. The average Bonchev–Trinajstić information content (AvgIpc) is 2.51. The molecule has 1 N–H and O–H groups in total. The molecule has 1 atom stereocenters. The fourth-order valence-corrected chi connectivity index (χ4v) is 2.63. The van der Waals surface area contributed by atoms with Crippen LogP contribution in [0.15, 0.2) is 42.5 Å². The third kappa shape index (κ3) is 5.82. The molecule has 0 saturated heterocycles. The lowest BCUT2D eigenvalue weighted by atomic mass is 10.1. The van der Waals surface area contributed by atoms with Crippen LogP contribution in [0.25, 0.3) is 0 Å². The smallest absolute Gasteiger partial charge is 0.265 e. The molecule has 1 unspecified atom stereocenters. The molecule has 4 heteroatoms. The second kappa shape index (κ2) is 8.56. The van der Waals surface area contributed by atoms with Gasteiger partial charge in [-0.15, -0.1) is 0 Å². The Labute approximate surface area is 150 Å². The Bertz CT molecular complexity index is 705. The summed E-state index contributed by atoms with van der Waals surface area (Å²) in [6.07, 6.45) is 0.124. The van der Waals surface area contributed by atoms with Crippen LogP contribution in [-0.2, 0) is 4.79 Å². The Morgan fingerprint density at radius 3 is 2.28 bits per heavy atom. The van der Waals surface area contributed by atoms with E-state index in [0.717, 1.165) is 22.6 Å². The van der Waals surface area contributed by atoms with E-state index in [2.05, 4.69) is 11.4 Å². The zero-order valence-electron chi connectivity index (χ0n) is 15.6. The molecule has 1 amide bonds. The fraction of sp³-hybridized carbons (Fsp3) is 0.381. The van der Waals surface area contributed by atoms with E-state index < -0.39 is 6.10 Å². The van der Waals surface area contributed by atoms with Crippen molar-refractivity contribution in [3.63, 3.8) is 0 Å². The van der Waals surface area contributed by atoms with E-state index in [-0.39, 0.29) is 12.0 Å². The zero-order valence-corrected chi connectivity index (χ0v) is 15.6. The van der Waals surface area contributed by atoms with Crippen LogP contribution in [0, 0.1) is 13.8 Å². The molecule has 134 valence electrons. The Balaban J connectivity index is 2.07. The van der Waals surface area contributed by atoms with E-state index in [1.54, 1.807) is 0 Å². The van der Waals surface area contributed by atoms with E-state index in [4.69, 9.17) is 9.47 Å². The Hall–Kier alpha value is -2.49. The van der Waals surface area contributed by atoms with Crippen molar-refractivity contribution >= 4 is 11.6 Å². The minimum absolute atomic E-state index is 0.0854. The number of benzene rings is 2. The quantitative estimate of drug-likeness (QED) is 0.780. The molecule has 2 aromatic carbocycles. The molecule has 0 saturated carbocycles. The molecule has 0 bridgehead atoms. The topological polar surface area (TPSA) is 47.6 Å². The maximum Gasteiger partial charge on any atom is 0.265 e. The van der Waals surface area contributed by atoms with Crippen molar-refractivity contribution in [1.82, 2.24) is 0 Å². The maximum absolute atomic E-state index is 12.6. The molecule has 0 heterocycles. The molecule has 0 fully saturated rings. The second-order valence-electron chi connectivity index (χ2n) is 6.52. The molecule has 25 heavy (non-hydrogen) atoms. The first kappa shape index (κ1) is 18.8. The summed E-state index contributed by atoms with van der Waals surface area (Å²) in [5.74, 6) is 1.29. The summed E-state index contributed by atoms with van der Waals surface area (Å²) in [5.41, 5.74) is 2.93. The summed E-state index contributed by atoms with van der Waals surface area (Å²) in [6.45, 7) is 9.90. The number of hydrogen-bond acceptors (Lipinski definition) is 3. The van der Waals surface area contributed by atoms with Crippen molar-refractivity contribution in [2.45, 2.75) is 53.2 Å². The zero-order chi connectivity index (χ0) is 18.4. The highest BCUT2D eigenvalue weighted by molar-refractivity contribution is 5.94. The van der Waals surface area contributed by atoms with Crippen LogP contribution in [0.3, 0.4) is 0 Å². The average molecular weight is 341 g/mol. The molecule has 0 aliphatic carbocycles. The van der Waals surface area contributed by atoms with Gasteiger partial charge in [-0.05, 0) is 69.5 Å². The van der Waals surface area contributed by atoms with E-state index >= 15 is 0 Å². The number of anilines is 1. The summed E-state index contributed by atoms with van der Waals surface area (Å²) in [6, 6.07) is 13.4. The van der Waals surface area contributed by atoms with Gasteiger partial charge in [0.15, 0.2) is 6.10 Å². The lowest BCUT2D eigenvalue weighted by Gasteiger charge is -2.18. The van der Waals surface area contributed by atoms with Crippen molar-refractivity contribution < 1.29 is 14.3 Å². The van der Waals surface area contributed by atoms with Gasteiger partial charge in [0.25, 0.3) is 5.91 Å². The number of hydrogen-bond donors (Lipinski definition) is 1. The number of nitrogens with one attached hydrogen (secondary N) is 1. The van der Waals surface area contributed by atoms with E-state index in [0.29, 0.717) is 12.1 Å².